The molecule has 0 spiro atoms. The van der Waals surface area contributed by atoms with Gasteiger partial charge in [0.1, 0.15) is 24.3 Å². The van der Waals surface area contributed by atoms with Crippen molar-refractivity contribution in [2.24, 2.45) is 0 Å². The van der Waals surface area contributed by atoms with Crippen molar-refractivity contribution in [3.05, 3.63) is 83.9 Å². The highest BCUT2D eigenvalue weighted by Crippen LogP contribution is 2.37. The summed E-state index contributed by atoms with van der Waals surface area (Å²) in [5, 5.41) is 3.52. The molecule has 3 aromatic rings. The summed E-state index contributed by atoms with van der Waals surface area (Å²) >= 11 is 0. The van der Waals surface area contributed by atoms with Crippen molar-refractivity contribution in [3.8, 4) is 11.5 Å². The summed E-state index contributed by atoms with van der Waals surface area (Å²) in [7, 11) is 5.66. The summed E-state index contributed by atoms with van der Waals surface area (Å²) in [6, 6.07) is 23.0. The van der Waals surface area contributed by atoms with E-state index in [0.29, 0.717) is 12.2 Å². The first-order valence-corrected chi connectivity index (χ1v) is 10.3. The maximum atomic E-state index is 13.5. The molecule has 0 fully saturated rings. The molecule has 1 heterocycles. The molecule has 0 saturated heterocycles. The predicted octanol–water partition coefficient (Wildman–Crippen LogP) is 4.41. The Morgan fingerprint density at radius 2 is 1.61 bits per heavy atom. The SMILES string of the molecule is COc1ccc(N2C(=O)c3ccccc3NC2c2ccc(OCCN(C)C)cc2)cc1. The van der Waals surface area contributed by atoms with Crippen LogP contribution in [0.4, 0.5) is 11.4 Å². The first kappa shape index (κ1) is 20.8. The highest BCUT2D eigenvalue weighted by atomic mass is 16.5. The number of hydrogen-bond donors (Lipinski definition) is 1. The summed E-state index contributed by atoms with van der Waals surface area (Å²) in [6.45, 7) is 1.47. The van der Waals surface area contributed by atoms with Gasteiger partial charge < -0.3 is 19.7 Å². The number of para-hydroxylation sites is 1. The van der Waals surface area contributed by atoms with Gasteiger partial charge in [-0.1, -0.05) is 24.3 Å². The summed E-state index contributed by atoms with van der Waals surface area (Å²) < 4.78 is 11.1. The second-order valence-corrected chi connectivity index (χ2v) is 7.69. The number of rotatable bonds is 7. The average Bonchev–Trinajstić information content (AvgIpc) is 2.79. The molecule has 31 heavy (non-hydrogen) atoms. The Labute approximate surface area is 183 Å². The Morgan fingerprint density at radius 1 is 0.935 bits per heavy atom. The maximum absolute atomic E-state index is 13.5. The highest BCUT2D eigenvalue weighted by molar-refractivity contribution is 6.12. The number of anilines is 2. The zero-order valence-corrected chi connectivity index (χ0v) is 18.0. The average molecular weight is 418 g/mol. The van der Waals surface area contributed by atoms with Gasteiger partial charge in [0.05, 0.1) is 12.7 Å². The molecular weight excluding hydrogens is 390 g/mol. The number of likely N-dealkylation sites (N-methyl/N-ethyl adjacent to an activating group) is 1. The maximum Gasteiger partial charge on any atom is 0.262 e. The van der Waals surface area contributed by atoms with Crippen LogP contribution in [0.5, 0.6) is 11.5 Å². The van der Waals surface area contributed by atoms with Crippen LogP contribution in [0, 0.1) is 0 Å². The lowest BCUT2D eigenvalue weighted by molar-refractivity contribution is 0.0975. The molecule has 6 heteroatoms. The second-order valence-electron chi connectivity index (χ2n) is 7.69. The zero-order chi connectivity index (χ0) is 21.8. The van der Waals surface area contributed by atoms with E-state index in [1.54, 1.807) is 12.0 Å². The van der Waals surface area contributed by atoms with E-state index >= 15 is 0 Å². The standard InChI is InChI=1S/C25H27N3O3/c1-27(2)16-17-31-21-12-8-18(9-13-21)24-26-23-7-5-4-6-22(23)25(29)28(24)19-10-14-20(30-3)15-11-19/h4-15,24,26H,16-17H2,1-3H3. The van der Waals surface area contributed by atoms with Crippen LogP contribution in [0.3, 0.4) is 0 Å². The van der Waals surface area contributed by atoms with Crippen LogP contribution in [-0.4, -0.2) is 45.2 Å². The largest absolute Gasteiger partial charge is 0.497 e. The Bertz CT molecular complexity index is 1030. The summed E-state index contributed by atoms with van der Waals surface area (Å²) in [5.41, 5.74) is 3.24. The number of fused-ring (bicyclic) bond motifs is 1. The smallest absolute Gasteiger partial charge is 0.262 e. The number of ether oxygens (including phenoxy) is 2. The van der Waals surface area contributed by atoms with E-state index in [2.05, 4.69) is 10.2 Å². The van der Waals surface area contributed by atoms with Crippen LogP contribution < -0.4 is 19.7 Å². The molecule has 0 aromatic heterocycles. The third-order valence-electron chi connectivity index (χ3n) is 5.28. The molecule has 1 N–H and O–H groups in total. The van der Waals surface area contributed by atoms with Gasteiger partial charge >= 0.3 is 0 Å². The number of carbonyl (C=O) groups is 1. The Morgan fingerprint density at radius 3 is 2.29 bits per heavy atom. The minimum Gasteiger partial charge on any atom is -0.497 e. The number of amides is 1. The van der Waals surface area contributed by atoms with E-state index < -0.39 is 0 Å². The third-order valence-corrected chi connectivity index (χ3v) is 5.28. The van der Waals surface area contributed by atoms with Crippen molar-refractivity contribution in [1.82, 2.24) is 4.90 Å². The molecule has 0 aliphatic carbocycles. The molecule has 1 aliphatic heterocycles. The molecule has 0 radical (unpaired) electrons. The Balaban J connectivity index is 1.65. The number of carbonyl (C=O) groups excluding carboxylic acids is 1. The number of methoxy groups -OCH3 is 1. The lowest BCUT2D eigenvalue weighted by Gasteiger charge is -2.38. The fourth-order valence-electron chi connectivity index (χ4n) is 3.59. The molecule has 4 rings (SSSR count). The van der Waals surface area contributed by atoms with E-state index in [1.807, 2.05) is 86.9 Å². The van der Waals surface area contributed by atoms with Crippen LogP contribution in [0.2, 0.25) is 0 Å². The monoisotopic (exact) mass is 417 g/mol. The van der Waals surface area contributed by atoms with E-state index in [1.165, 1.54) is 0 Å². The van der Waals surface area contributed by atoms with Gasteiger partial charge in [0.15, 0.2) is 0 Å². The van der Waals surface area contributed by atoms with Gasteiger partial charge in [-0.05, 0) is 68.2 Å². The number of nitrogens with one attached hydrogen (secondary N) is 1. The van der Waals surface area contributed by atoms with E-state index in [0.717, 1.165) is 35.0 Å². The van der Waals surface area contributed by atoms with E-state index in [-0.39, 0.29) is 12.1 Å². The van der Waals surface area contributed by atoms with Crippen molar-refractivity contribution in [2.45, 2.75) is 6.17 Å². The second kappa shape index (κ2) is 9.10. The van der Waals surface area contributed by atoms with Gasteiger partial charge in [-0.2, -0.15) is 0 Å². The summed E-state index contributed by atoms with van der Waals surface area (Å²) in [5.74, 6) is 1.51. The van der Waals surface area contributed by atoms with Crippen molar-refractivity contribution in [3.63, 3.8) is 0 Å². The van der Waals surface area contributed by atoms with Crippen LogP contribution in [0.15, 0.2) is 72.8 Å². The zero-order valence-electron chi connectivity index (χ0n) is 18.0. The van der Waals surface area contributed by atoms with E-state index in [4.69, 9.17) is 9.47 Å². The number of benzene rings is 3. The molecule has 3 aromatic carbocycles. The Hall–Kier alpha value is -3.51. The third kappa shape index (κ3) is 4.49. The molecule has 1 unspecified atom stereocenters. The molecular formula is C25H27N3O3. The van der Waals surface area contributed by atoms with Gasteiger partial charge in [-0.25, -0.2) is 0 Å². The predicted molar refractivity (Wildman–Crippen MR) is 123 cm³/mol. The van der Waals surface area contributed by atoms with Crippen LogP contribution >= 0.6 is 0 Å². The fourth-order valence-corrected chi connectivity index (χ4v) is 3.59. The number of hydrogen-bond acceptors (Lipinski definition) is 5. The van der Waals surface area contributed by atoms with Gasteiger partial charge in [0, 0.05) is 17.9 Å². The topological polar surface area (TPSA) is 54.0 Å². The quantitative estimate of drug-likeness (QED) is 0.617. The Kier molecular flexibility index (Phi) is 6.09. The first-order chi connectivity index (χ1) is 15.1. The molecule has 0 bridgehead atoms. The fraction of sp³-hybridized carbons (Fsp3) is 0.240. The van der Waals surface area contributed by atoms with Crippen molar-refractivity contribution >= 4 is 17.3 Å². The lowest BCUT2D eigenvalue weighted by atomic mass is 10.0. The number of nitrogens with zero attached hydrogens (tertiary/aromatic N) is 2. The van der Waals surface area contributed by atoms with Gasteiger partial charge in [0.25, 0.3) is 5.91 Å². The van der Waals surface area contributed by atoms with E-state index in [9.17, 15) is 4.79 Å². The molecule has 1 amide bonds. The molecule has 6 nitrogen and oxygen atoms in total. The van der Waals surface area contributed by atoms with Gasteiger partial charge in [0.2, 0.25) is 0 Å². The summed E-state index contributed by atoms with van der Waals surface area (Å²) in [4.78, 5) is 17.3. The minimum atomic E-state index is -0.341. The molecule has 1 aliphatic rings. The summed E-state index contributed by atoms with van der Waals surface area (Å²) in [6.07, 6.45) is -0.341. The van der Waals surface area contributed by atoms with Gasteiger partial charge in [-0.3, -0.25) is 9.69 Å². The van der Waals surface area contributed by atoms with Crippen LogP contribution in [0.25, 0.3) is 0 Å². The highest BCUT2D eigenvalue weighted by Gasteiger charge is 2.34. The van der Waals surface area contributed by atoms with Gasteiger partial charge in [-0.15, -0.1) is 0 Å². The lowest BCUT2D eigenvalue weighted by Crippen LogP contribution is -2.43. The van der Waals surface area contributed by atoms with Crippen LogP contribution in [0.1, 0.15) is 22.1 Å². The molecule has 1 atom stereocenters. The van der Waals surface area contributed by atoms with Crippen LogP contribution in [-0.2, 0) is 0 Å². The molecule has 160 valence electrons. The molecule has 0 saturated carbocycles. The minimum absolute atomic E-state index is 0.0455. The normalized spacial score (nSPS) is 15.4. The van der Waals surface area contributed by atoms with Crippen molar-refractivity contribution in [1.29, 1.82) is 0 Å². The van der Waals surface area contributed by atoms with Crippen molar-refractivity contribution in [2.75, 3.05) is 44.6 Å². The first-order valence-electron chi connectivity index (χ1n) is 10.3. The van der Waals surface area contributed by atoms with Crippen molar-refractivity contribution < 1.29 is 14.3 Å².